The predicted octanol–water partition coefficient (Wildman–Crippen LogP) is 3.27. The SMILES string of the molecule is Cc1cccc(NC(=O)Nc2cccc(C(N)=S)c2)c1. The van der Waals surface area contributed by atoms with Gasteiger partial charge in [-0.05, 0) is 36.8 Å². The van der Waals surface area contributed by atoms with Gasteiger partial charge in [0.2, 0.25) is 0 Å². The molecule has 0 bridgehead atoms. The number of aryl methyl sites for hydroxylation is 1. The lowest BCUT2D eigenvalue weighted by Crippen LogP contribution is -2.20. The van der Waals surface area contributed by atoms with Gasteiger partial charge in [0.1, 0.15) is 4.99 Å². The van der Waals surface area contributed by atoms with E-state index in [1.807, 2.05) is 31.2 Å². The summed E-state index contributed by atoms with van der Waals surface area (Å²) in [7, 11) is 0. The van der Waals surface area contributed by atoms with E-state index < -0.39 is 0 Å². The zero-order valence-corrected chi connectivity index (χ0v) is 11.8. The van der Waals surface area contributed by atoms with Crippen molar-refractivity contribution in [3.63, 3.8) is 0 Å². The van der Waals surface area contributed by atoms with E-state index in [9.17, 15) is 4.79 Å². The number of nitrogens with two attached hydrogens (primary N) is 1. The van der Waals surface area contributed by atoms with Crippen LogP contribution in [0.25, 0.3) is 0 Å². The fourth-order valence-electron chi connectivity index (χ4n) is 1.77. The molecule has 0 fully saturated rings. The van der Waals surface area contributed by atoms with Crippen LogP contribution in [0.4, 0.5) is 16.2 Å². The monoisotopic (exact) mass is 285 g/mol. The molecule has 20 heavy (non-hydrogen) atoms. The molecule has 0 atom stereocenters. The summed E-state index contributed by atoms with van der Waals surface area (Å²) in [6.07, 6.45) is 0. The summed E-state index contributed by atoms with van der Waals surface area (Å²) >= 11 is 4.90. The summed E-state index contributed by atoms with van der Waals surface area (Å²) in [5.41, 5.74) is 8.74. The molecule has 2 amide bonds. The van der Waals surface area contributed by atoms with E-state index in [1.165, 1.54) is 0 Å². The Balaban J connectivity index is 2.04. The van der Waals surface area contributed by atoms with Crippen LogP contribution in [-0.4, -0.2) is 11.0 Å². The van der Waals surface area contributed by atoms with Crippen LogP contribution in [0.15, 0.2) is 48.5 Å². The number of amides is 2. The number of thiocarbonyl (C=S) groups is 1. The minimum atomic E-state index is -0.310. The van der Waals surface area contributed by atoms with Gasteiger partial charge in [0, 0.05) is 16.9 Å². The van der Waals surface area contributed by atoms with Crippen molar-refractivity contribution in [1.82, 2.24) is 0 Å². The van der Waals surface area contributed by atoms with Gasteiger partial charge in [0.05, 0.1) is 0 Å². The van der Waals surface area contributed by atoms with E-state index in [4.69, 9.17) is 18.0 Å². The Morgan fingerprint density at radius 1 is 1.05 bits per heavy atom. The molecular formula is C15H15N3OS. The van der Waals surface area contributed by atoms with Crippen LogP contribution in [0.2, 0.25) is 0 Å². The van der Waals surface area contributed by atoms with Gasteiger partial charge in [-0.3, -0.25) is 0 Å². The molecule has 4 nitrogen and oxygen atoms in total. The first-order valence-electron chi connectivity index (χ1n) is 6.09. The summed E-state index contributed by atoms with van der Waals surface area (Å²) < 4.78 is 0. The number of hydrogen-bond acceptors (Lipinski definition) is 2. The third kappa shape index (κ3) is 3.80. The molecule has 0 aliphatic heterocycles. The number of benzene rings is 2. The highest BCUT2D eigenvalue weighted by Crippen LogP contribution is 2.13. The van der Waals surface area contributed by atoms with Crippen molar-refractivity contribution in [2.24, 2.45) is 5.73 Å². The number of urea groups is 1. The lowest BCUT2D eigenvalue weighted by Gasteiger charge is -2.09. The Morgan fingerprint density at radius 3 is 2.25 bits per heavy atom. The molecule has 2 aromatic carbocycles. The van der Waals surface area contributed by atoms with Crippen LogP contribution in [0, 0.1) is 6.92 Å². The second-order valence-corrected chi connectivity index (χ2v) is 4.83. The largest absolute Gasteiger partial charge is 0.389 e. The van der Waals surface area contributed by atoms with Crippen molar-refractivity contribution in [2.45, 2.75) is 6.92 Å². The quantitative estimate of drug-likeness (QED) is 0.758. The fraction of sp³-hybridized carbons (Fsp3) is 0.0667. The lowest BCUT2D eigenvalue weighted by atomic mass is 10.2. The smallest absolute Gasteiger partial charge is 0.323 e. The molecule has 102 valence electrons. The molecular weight excluding hydrogens is 270 g/mol. The summed E-state index contributed by atoms with van der Waals surface area (Å²) in [6.45, 7) is 1.97. The molecule has 0 heterocycles. The second-order valence-electron chi connectivity index (χ2n) is 4.39. The van der Waals surface area contributed by atoms with Gasteiger partial charge in [-0.25, -0.2) is 4.79 Å². The summed E-state index contributed by atoms with van der Waals surface area (Å²) in [5, 5.41) is 5.51. The molecule has 0 spiro atoms. The first kappa shape index (κ1) is 14.0. The maximum Gasteiger partial charge on any atom is 0.323 e. The maximum absolute atomic E-state index is 11.9. The van der Waals surface area contributed by atoms with E-state index in [2.05, 4.69) is 10.6 Å². The summed E-state index contributed by atoms with van der Waals surface area (Å²) in [4.78, 5) is 12.2. The number of carbonyl (C=O) groups excluding carboxylic acids is 1. The minimum Gasteiger partial charge on any atom is -0.389 e. The molecule has 0 radical (unpaired) electrons. The maximum atomic E-state index is 11.9. The molecule has 0 saturated carbocycles. The number of carbonyl (C=O) groups is 1. The highest BCUT2D eigenvalue weighted by Gasteiger charge is 2.04. The number of hydrogen-bond donors (Lipinski definition) is 3. The molecule has 4 N–H and O–H groups in total. The Bertz CT molecular complexity index is 655. The van der Waals surface area contributed by atoms with Gasteiger partial charge in [-0.15, -0.1) is 0 Å². The van der Waals surface area contributed by atoms with Gasteiger partial charge >= 0.3 is 6.03 Å². The average Bonchev–Trinajstić information content (AvgIpc) is 2.38. The van der Waals surface area contributed by atoms with Crippen LogP contribution < -0.4 is 16.4 Å². The highest BCUT2D eigenvalue weighted by atomic mass is 32.1. The van der Waals surface area contributed by atoms with E-state index >= 15 is 0 Å². The zero-order valence-electron chi connectivity index (χ0n) is 11.0. The van der Waals surface area contributed by atoms with Crippen LogP contribution in [0.1, 0.15) is 11.1 Å². The van der Waals surface area contributed by atoms with Crippen molar-refractivity contribution >= 4 is 34.6 Å². The normalized spacial score (nSPS) is 9.85. The Hall–Kier alpha value is -2.40. The molecule has 5 heteroatoms. The van der Waals surface area contributed by atoms with E-state index in [0.29, 0.717) is 16.2 Å². The Morgan fingerprint density at radius 2 is 1.65 bits per heavy atom. The predicted molar refractivity (Wildman–Crippen MR) is 86.1 cm³/mol. The number of anilines is 2. The third-order valence-corrected chi connectivity index (χ3v) is 2.92. The second kappa shape index (κ2) is 6.16. The highest BCUT2D eigenvalue weighted by molar-refractivity contribution is 7.80. The van der Waals surface area contributed by atoms with Gasteiger partial charge < -0.3 is 16.4 Å². The van der Waals surface area contributed by atoms with Crippen molar-refractivity contribution in [3.8, 4) is 0 Å². The van der Waals surface area contributed by atoms with Gasteiger partial charge in [0.25, 0.3) is 0 Å². The first-order chi connectivity index (χ1) is 9.54. The summed E-state index contributed by atoms with van der Waals surface area (Å²) in [5.74, 6) is 0. The fourth-order valence-corrected chi connectivity index (χ4v) is 1.89. The van der Waals surface area contributed by atoms with Crippen molar-refractivity contribution in [2.75, 3.05) is 10.6 Å². The van der Waals surface area contributed by atoms with Crippen molar-refractivity contribution in [1.29, 1.82) is 0 Å². The molecule has 2 aromatic rings. The number of rotatable bonds is 3. The van der Waals surface area contributed by atoms with E-state index in [1.54, 1.807) is 24.3 Å². The van der Waals surface area contributed by atoms with Crippen LogP contribution in [-0.2, 0) is 0 Å². The molecule has 0 saturated heterocycles. The Labute approximate surface area is 123 Å². The average molecular weight is 285 g/mol. The molecule has 0 unspecified atom stereocenters. The van der Waals surface area contributed by atoms with Crippen molar-refractivity contribution < 1.29 is 4.79 Å². The topological polar surface area (TPSA) is 67.2 Å². The van der Waals surface area contributed by atoms with Gasteiger partial charge in [-0.2, -0.15) is 0 Å². The minimum absolute atomic E-state index is 0.299. The van der Waals surface area contributed by atoms with Crippen LogP contribution in [0.3, 0.4) is 0 Å². The summed E-state index contributed by atoms with van der Waals surface area (Å²) in [6, 6.07) is 14.4. The van der Waals surface area contributed by atoms with Crippen LogP contribution in [0.5, 0.6) is 0 Å². The molecule has 0 aliphatic rings. The molecule has 0 aliphatic carbocycles. The van der Waals surface area contributed by atoms with Crippen molar-refractivity contribution in [3.05, 3.63) is 59.7 Å². The van der Waals surface area contributed by atoms with Gasteiger partial charge in [-0.1, -0.05) is 36.5 Å². The number of nitrogens with one attached hydrogen (secondary N) is 2. The standard InChI is InChI=1S/C15H15N3OS/c1-10-4-2-6-12(8-10)17-15(19)18-13-7-3-5-11(9-13)14(16)20/h2-9H,1H3,(H2,16,20)(H2,17,18,19). The molecule has 0 aromatic heterocycles. The molecule has 2 rings (SSSR count). The first-order valence-corrected chi connectivity index (χ1v) is 6.50. The van der Waals surface area contributed by atoms with Crippen LogP contribution >= 0.6 is 12.2 Å². The lowest BCUT2D eigenvalue weighted by molar-refractivity contribution is 0.262. The zero-order chi connectivity index (χ0) is 14.5. The van der Waals surface area contributed by atoms with E-state index in [0.717, 1.165) is 11.3 Å². The van der Waals surface area contributed by atoms with E-state index in [-0.39, 0.29) is 6.03 Å². The third-order valence-electron chi connectivity index (χ3n) is 2.68. The Kier molecular flexibility index (Phi) is 4.32. The van der Waals surface area contributed by atoms with Gasteiger partial charge in [0.15, 0.2) is 0 Å².